The lowest BCUT2D eigenvalue weighted by molar-refractivity contribution is 1.33. The van der Waals surface area contributed by atoms with E-state index in [0.29, 0.717) is 0 Å². The highest BCUT2D eigenvalue weighted by molar-refractivity contribution is 7.17. The molecular formula is C13H8NS. The monoisotopic (exact) mass is 210 g/mol. The van der Waals surface area contributed by atoms with Gasteiger partial charge >= 0.3 is 0 Å². The van der Waals surface area contributed by atoms with E-state index in [9.17, 15) is 0 Å². The second-order valence-corrected chi connectivity index (χ2v) is 4.24. The van der Waals surface area contributed by atoms with Gasteiger partial charge in [0, 0.05) is 28.5 Å². The van der Waals surface area contributed by atoms with Crippen LogP contribution in [0, 0.1) is 6.07 Å². The predicted octanol–water partition coefficient (Wildman–Crippen LogP) is 3.76. The summed E-state index contributed by atoms with van der Waals surface area (Å²) in [6.45, 7) is 0. The normalized spacial score (nSPS) is 10.7. The van der Waals surface area contributed by atoms with Gasteiger partial charge in [0.1, 0.15) is 0 Å². The molecule has 2 heteroatoms. The first kappa shape index (κ1) is 8.62. The van der Waals surface area contributed by atoms with Crippen LogP contribution in [-0.4, -0.2) is 4.98 Å². The van der Waals surface area contributed by atoms with Gasteiger partial charge in [-0.05, 0) is 34.7 Å². The first-order valence-corrected chi connectivity index (χ1v) is 5.61. The summed E-state index contributed by atoms with van der Waals surface area (Å²) in [6, 6.07) is 13.7. The molecule has 1 aromatic carbocycles. The Morgan fingerprint density at radius 1 is 1.00 bits per heavy atom. The number of nitrogens with zero attached hydrogens (tertiary/aromatic N) is 1. The van der Waals surface area contributed by atoms with E-state index in [0.717, 1.165) is 0 Å². The third-order valence-corrected chi connectivity index (χ3v) is 3.22. The van der Waals surface area contributed by atoms with Crippen molar-refractivity contribution >= 4 is 21.4 Å². The topological polar surface area (TPSA) is 12.9 Å². The predicted molar refractivity (Wildman–Crippen MR) is 63.9 cm³/mol. The van der Waals surface area contributed by atoms with Crippen molar-refractivity contribution in [2.75, 3.05) is 0 Å². The molecule has 3 rings (SSSR count). The molecule has 2 aromatic heterocycles. The molecule has 0 amide bonds. The average molecular weight is 210 g/mol. The van der Waals surface area contributed by atoms with Crippen LogP contribution in [0.25, 0.3) is 21.2 Å². The first-order valence-electron chi connectivity index (χ1n) is 4.73. The molecule has 0 atom stereocenters. The highest BCUT2D eigenvalue weighted by atomic mass is 32.1. The second kappa shape index (κ2) is 3.48. The van der Waals surface area contributed by atoms with Crippen molar-refractivity contribution in [2.24, 2.45) is 0 Å². The van der Waals surface area contributed by atoms with E-state index in [2.05, 4.69) is 29.2 Å². The Labute approximate surface area is 92.0 Å². The summed E-state index contributed by atoms with van der Waals surface area (Å²) < 4.78 is 1.28. The molecule has 0 aliphatic carbocycles. The van der Waals surface area contributed by atoms with Crippen molar-refractivity contribution < 1.29 is 0 Å². The standard InChI is InChI=1S/C13H8NS/c1-2-12(10-3-6-14-7-4-10)9-13-11(1)5-8-15-13/h1-4,6-9H. The largest absolute Gasteiger partial charge is 0.265 e. The molecule has 0 spiro atoms. The Balaban J connectivity index is 2.19. The number of aromatic nitrogens is 1. The molecule has 3 aromatic rings. The molecule has 71 valence electrons. The van der Waals surface area contributed by atoms with Crippen LogP contribution in [0.4, 0.5) is 0 Å². The number of pyridine rings is 1. The minimum Gasteiger partial charge on any atom is -0.265 e. The molecule has 0 aliphatic rings. The van der Waals surface area contributed by atoms with Crippen LogP contribution in [0.15, 0.2) is 48.1 Å². The van der Waals surface area contributed by atoms with Gasteiger partial charge in [0.2, 0.25) is 0 Å². The summed E-state index contributed by atoms with van der Waals surface area (Å²) in [5, 5.41) is 3.19. The van der Waals surface area contributed by atoms with Gasteiger partial charge in [-0.1, -0.05) is 12.1 Å². The molecule has 15 heavy (non-hydrogen) atoms. The Morgan fingerprint density at radius 2 is 1.87 bits per heavy atom. The second-order valence-electron chi connectivity index (χ2n) is 3.33. The fourth-order valence-corrected chi connectivity index (χ4v) is 2.38. The van der Waals surface area contributed by atoms with Gasteiger partial charge in [-0.2, -0.15) is 0 Å². The maximum absolute atomic E-state index is 4.02. The van der Waals surface area contributed by atoms with E-state index < -0.39 is 0 Å². The summed E-state index contributed by atoms with van der Waals surface area (Å²) in [5.74, 6) is 0. The maximum Gasteiger partial charge on any atom is 0.0355 e. The van der Waals surface area contributed by atoms with Crippen LogP contribution in [0.3, 0.4) is 0 Å². The molecule has 0 bridgehead atoms. The van der Waals surface area contributed by atoms with E-state index in [4.69, 9.17) is 0 Å². The highest BCUT2D eigenvalue weighted by Gasteiger charge is 1.99. The van der Waals surface area contributed by atoms with Gasteiger partial charge in [0.15, 0.2) is 0 Å². The van der Waals surface area contributed by atoms with Crippen LogP contribution in [-0.2, 0) is 0 Å². The Hall–Kier alpha value is -1.67. The van der Waals surface area contributed by atoms with Crippen molar-refractivity contribution in [1.82, 2.24) is 4.98 Å². The molecule has 0 N–H and O–H groups in total. The van der Waals surface area contributed by atoms with Crippen LogP contribution >= 0.6 is 11.3 Å². The molecule has 0 saturated heterocycles. The van der Waals surface area contributed by atoms with Crippen molar-refractivity contribution in [3.8, 4) is 11.1 Å². The van der Waals surface area contributed by atoms with E-state index in [1.54, 1.807) is 11.3 Å². The molecule has 1 nitrogen and oxygen atoms in total. The molecule has 1 radical (unpaired) electrons. The van der Waals surface area contributed by atoms with Crippen molar-refractivity contribution in [3.63, 3.8) is 0 Å². The summed E-state index contributed by atoms with van der Waals surface area (Å²) in [5.41, 5.74) is 2.45. The zero-order valence-electron chi connectivity index (χ0n) is 7.97. The fourth-order valence-electron chi connectivity index (χ4n) is 1.62. The smallest absolute Gasteiger partial charge is 0.0355 e. The van der Waals surface area contributed by atoms with Gasteiger partial charge in [-0.15, -0.1) is 11.3 Å². The lowest BCUT2D eigenvalue weighted by Gasteiger charge is -2.00. The van der Waals surface area contributed by atoms with Crippen molar-refractivity contribution in [1.29, 1.82) is 0 Å². The quantitative estimate of drug-likeness (QED) is 0.596. The molecule has 0 saturated carbocycles. The third-order valence-electron chi connectivity index (χ3n) is 2.40. The molecule has 2 heterocycles. The fraction of sp³-hybridized carbons (Fsp3) is 0. The summed E-state index contributed by atoms with van der Waals surface area (Å²) in [4.78, 5) is 4.02. The molecule has 0 unspecified atom stereocenters. The SMILES string of the molecule is [c]1csc2cc(-c3ccncc3)ccc12. The molecular weight excluding hydrogens is 202 g/mol. The van der Waals surface area contributed by atoms with Gasteiger partial charge in [-0.3, -0.25) is 4.98 Å². The van der Waals surface area contributed by atoms with Gasteiger partial charge < -0.3 is 0 Å². The van der Waals surface area contributed by atoms with Crippen LogP contribution in [0.1, 0.15) is 0 Å². The summed E-state index contributed by atoms with van der Waals surface area (Å²) in [7, 11) is 0. The number of fused-ring (bicyclic) bond motifs is 1. The zero-order chi connectivity index (χ0) is 10.1. The zero-order valence-corrected chi connectivity index (χ0v) is 8.79. The highest BCUT2D eigenvalue weighted by Crippen LogP contribution is 2.26. The minimum absolute atomic E-state index is 1.19. The number of rotatable bonds is 1. The van der Waals surface area contributed by atoms with Crippen molar-refractivity contribution in [2.45, 2.75) is 0 Å². The molecule has 0 fully saturated rings. The Kier molecular flexibility index (Phi) is 2.00. The van der Waals surface area contributed by atoms with Gasteiger partial charge in [0.05, 0.1) is 0 Å². The average Bonchev–Trinajstić information content (AvgIpc) is 2.77. The van der Waals surface area contributed by atoms with Crippen molar-refractivity contribution in [3.05, 3.63) is 54.2 Å². The Morgan fingerprint density at radius 3 is 2.73 bits per heavy atom. The Bertz CT molecular complexity index is 584. The number of benzene rings is 1. The lowest BCUT2D eigenvalue weighted by atomic mass is 10.1. The van der Waals surface area contributed by atoms with Crippen LogP contribution < -0.4 is 0 Å². The summed E-state index contributed by atoms with van der Waals surface area (Å²) >= 11 is 1.72. The summed E-state index contributed by atoms with van der Waals surface area (Å²) in [6.07, 6.45) is 3.64. The van der Waals surface area contributed by atoms with E-state index >= 15 is 0 Å². The maximum atomic E-state index is 4.02. The minimum atomic E-state index is 1.19. The van der Waals surface area contributed by atoms with Crippen LogP contribution in [0.2, 0.25) is 0 Å². The van der Waals surface area contributed by atoms with E-state index in [1.165, 1.54) is 21.2 Å². The number of thiophene rings is 1. The van der Waals surface area contributed by atoms with Gasteiger partial charge in [-0.25, -0.2) is 0 Å². The first-order chi connectivity index (χ1) is 7.43. The number of hydrogen-bond donors (Lipinski definition) is 0. The van der Waals surface area contributed by atoms with E-state index in [-0.39, 0.29) is 0 Å². The lowest BCUT2D eigenvalue weighted by Crippen LogP contribution is -1.77. The molecule has 0 aliphatic heterocycles. The number of hydrogen-bond acceptors (Lipinski definition) is 2. The van der Waals surface area contributed by atoms with Crippen LogP contribution in [0.5, 0.6) is 0 Å². The van der Waals surface area contributed by atoms with Gasteiger partial charge in [0.25, 0.3) is 0 Å². The third kappa shape index (κ3) is 1.53. The van der Waals surface area contributed by atoms with E-state index in [1.807, 2.05) is 29.9 Å².